The van der Waals surface area contributed by atoms with E-state index in [1.807, 2.05) is 42.5 Å². The summed E-state index contributed by atoms with van der Waals surface area (Å²) in [6.07, 6.45) is 0.352. The number of amides is 2. The van der Waals surface area contributed by atoms with Crippen molar-refractivity contribution in [3.63, 3.8) is 0 Å². The third-order valence-electron chi connectivity index (χ3n) is 6.05. The van der Waals surface area contributed by atoms with Crippen molar-refractivity contribution in [1.82, 2.24) is 0 Å². The molecule has 8 heteroatoms. The number of carboxylic acids is 1. The molecule has 0 radical (unpaired) electrons. The monoisotopic (exact) mass is 496 g/mol. The minimum Gasteiger partial charge on any atom is -0.481 e. The highest BCUT2D eigenvalue weighted by atomic mass is 16.7. The highest BCUT2D eigenvalue weighted by Crippen LogP contribution is 2.37. The van der Waals surface area contributed by atoms with E-state index in [0.717, 1.165) is 16.3 Å². The van der Waals surface area contributed by atoms with Gasteiger partial charge in [0.15, 0.2) is 11.5 Å². The molecule has 4 aromatic carbocycles. The molecule has 2 amide bonds. The fourth-order valence-corrected chi connectivity index (χ4v) is 4.21. The van der Waals surface area contributed by atoms with E-state index in [-0.39, 0.29) is 31.4 Å². The van der Waals surface area contributed by atoms with Crippen molar-refractivity contribution >= 4 is 39.9 Å². The Kier molecular flexibility index (Phi) is 6.72. The van der Waals surface area contributed by atoms with Crippen LogP contribution in [-0.2, 0) is 22.4 Å². The van der Waals surface area contributed by atoms with Gasteiger partial charge in [-0.15, -0.1) is 0 Å². The first-order valence-electron chi connectivity index (χ1n) is 11.8. The summed E-state index contributed by atoms with van der Waals surface area (Å²) in [5.74, 6) is -0.491. The molecule has 186 valence electrons. The Morgan fingerprint density at radius 2 is 1.59 bits per heavy atom. The molecular formula is C29H24N2O6. The molecule has 1 aliphatic rings. The zero-order valence-electron chi connectivity index (χ0n) is 19.8. The van der Waals surface area contributed by atoms with Gasteiger partial charge in [0.05, 0.1) is 6.42 Å². The largest absolute Gasteiger partial charge is 0.481 e. The topological polar surface area (TPSA) is 114 Å². The van der Waals surface area contributed by atoms with Gasteiger partial charge in [-0.05, 0) is 58.7 Å². The van der Waals surface area contributed by atoms with Crippen LogP contribution in [0.2, 0.25) is 0 Å². The van der Waals surface area contributed by atoms with Crippen molar-refractivity contribution in [1.29, 1.82) is 0 Å². The number of carbonyl (C=O) groups excluding carboxylic acids is 2. The van der Waals surface area contributed by atoms with E-state index in [0.29, 0.717) is 40.4 Å². The van der Waals surface area contributed by atoms with Crippen LogP contribution in [-0.4, -0.2) is 29.7 Å². The van der Waals surface area contributed by atoms with Crippen LogP contribution >= 0.6 is 0 Å². The second-order valence-corrected chi connectivity index (χ2v) is 8.70. The van der Waals surface area contributed by atoms with Gasteiger partial charge in [-0.1, -0.05) is 42.5 Å². The van der Waals surface area contributed by atoms with Gasteiger partial charge in [-0.3, -0.25) is 14.4 Å². The lowest BCUT2D eigenvalue weighted by Gasteiger charge is -2.13. The first-order chi connectivity index (χ1) is 17.9. The average molecular weight is 497 g/mol. The zero-order chi connectivity index (χ0) is 25.8. The maximum absolute atomic E-state index is 13.1. The van der Waals surface area contributed by atoms with Gasteiger partial charge in [0.1, 0.15) is 0 Å². The van der Waals surface area contributed by atoms with Crippen LogP contribution < -0.4 is 20.1 Å². The van der Waals surface area contributed by atoms with Gasteiger partial charge in [0, 0.05) is 29.4 Å². The van der Waals surface area contributed by atoms with E-state index < -0.39 is 5.97 Å². The maximum atomic E-state index is 13.1. The Hall–Kier alpha value is -4.85. The summed E-state index contributed by atoms with van der Waals surface area (Å²) in [5.41, 5.74) is 2.89. The third kappa shape index (κ3) is 5.70. The minimum absolute atomic E-state index is 0.00879. The van der Waals surface area contributed by atoms with E-state index in [1.165, 1.54) is 0 Å². The molecule has 0 saturated heterocycles. The van der Waals surface area contributed by atoms with E-state index in [4.69, 9.17) is 14.6 Å². The second-order valence-electron chi connectivity index (χ2n) is 8.70. The number of rotatable bonds is 8. The minimum atomic E-state index is -0.879. The third-order valence-corrected chi connectivity index (χ3v) is 6.05. The number of aryl methyl sites for hydroxylation is 1. The van der Waals surface area contributed by atoms with Gasteiger partial charge >= 0.3 is 5.97 Å². The number of anilines is 2. The quantitative estimate of drug-likeness (QED) is 0.316. The van der Waals surface area contributed by atoms with Crippen LogP contribution in [0.1, 0.15) is 27.9 Å². The molecule has 4 aromatic rings. The van der Waals surface area contributed by atoms with Crippen LogP contribution in [0.5, 0.6) is 11.5 Å². The van der Waals surface area contributed by atoms with Gasteiger partial charge < -0.3 is 25.2 Å². The normalized spacial score (nSPS) is 11.8. The summed E-state index contributed by atoms with van der Waals surface area (Å²) in [6.45, 7) is 0.0617. The summed E-state index contributed by atoms with van der Waals surface area (Å²) < 4.78 is 11.0. The van der Waals surface area contributed by atoms with Crippen molar-refractivity contribution in [3.8, 4) is 11.5 Å². The van der Waals surface area contributed by atoms with Gasteiger partial charge in [0.25, 0.3) is 5.91 Å². The van der Waals surface area contributed by atoms with Crippen molar-refractivity contribution in [2.75, 3.05) is 17.4 Å². The van der Waals surface area contributed by atoms with Crippen LogP contribution in [0.3, 0.4) is 0 Å². The Morgan fingerprint density at radius 3 is 2.41 bits per heavy atom. The molecule has 0 fully saturated rings. The van der Waals surface area contributed by atoms with E-state index in [1.54, 1.807) is 36.4 Å². The van der Waals surface area contributed by atoms with Crippen LogP contribution in [0.4, 0.5) is 11.4 Å². The number of ether oxygens (including phenoxy) is 2. The molecule has 0 atom stereocenters. The molecule has 8 nitrogen and oxygen atoms in total. The molecule has 0 aromatic heterocycles. The Bertz CT molecular complexity index is 1510. The fourth-order valence-electron chi connectivity index (χ4n) is 4.21. The Balaban J connectivity index is 1.34. The Labute approximate surface area is 212 Å². The first kappa shape index (κ1) is 23.9. The highest BCUT2D eigenvalue weighted by Gasteiger charge is 2.21. The molecule has 3 N–H and O–H groups in total. The highest BCUT2D eigenvalue weighted by molar-refractivity contribution is 6.07. The van der Waals surface area contributed by atoms with Crippen LogP contribution in [0.25, 0.3) is 10.8 Å². The van der Waals surface area contributed by atoms with E-state index in [2.05, 4.69) is 10.6 Å². The molecule has 0 aliphatic carbocycles. The predicted molar refractivity (Wildman–Crippen MR) is 139 cm³/mol. The Morgan fingerprint density at radius 1 is 0.811 bits per heavy atom. The van der Waals surface area contributed by atoms with Crippen LogP contribution in [0.15, 0.2) is 78.9 Å². The lowest BCUT2D eigenvalue weighted by atomic mass is 10.0. The molecule has 1 heterocycles. The van der Waals surface area contributed by atoms with E-state index in [9.17, 15) is 14.4 Å². The molecular weight excluding hydrogens is 472 g/mol. The lowest BCUT2D eigenvalue weighted by molar-refractivity contribution is -0.137. The summed E-state index contributed by atoms with van der Waals surface area (Å²) in [6, 6.07) is 23.7. The molecule has 0 bridgehead atoms. The maximum Gasteiger partial charge on any atom is 0.303 e. The van der Waals surface area contributed by atoms with Crippen molar-refractivity contribution in [2.24, 2.45) is 0 Å². The number of hydrogen-bond acceptors (Lipinski definition) is 5. The van der Waals surface area contributed by atoms with Gasteiger partial charge in [-0.2, -0.15) is 0 Å². The SMILES string of the molecule is O=C(O)CCc1cccc(NC(=O)Cc2cc3c(cc2NC(=O)c2ccc4ccccc4c2)OCO3)c1. The van der Waals surface area contributed by atoms with Crippen molar-refractivity contribution < 1.29 is 29.0 Å². The number of carbonyl (C=O) groups is 3. The number of fused-ring (bicyclic) bond motifs is 2. The zero-order valence-corrected chi connectivity index (χ0v) is 19.8. The van der Waals surface area contributed by atoms with Crippen molar-refractivity contribution in [3.05, 3.63) is 95.6 Å². The number of hydrogen-bond donors (Lipinski definition) is 3. The van der Waals surface area contributed by atoms with Crippen molar-refractivity contribution in [2.45, 2.75) is 19.3 Å². The summed E-state index contributed by atoms with van der Waals surface area (Å²) in [5, 5.41) is 16.7. The molecule has 0 unspecified atom stereocenters. The smallest absolute Gasteiger partial charge is 0.303 e. The van der Waals surface area contributed by atoms with Gasteiger partial charge in [0.2, 0.25) is 12.7 Å². The predicted octanol–water partition coefficient (Wildman–Crippen LogP) is 5.02. The number of nitrogens with one attached hydrogen (secondary N) is 2. The lowest BCUT2D eigenvalue weighted by Crippen LogP contribution is -2.18. The van der Waals surface area contributed by atoms with Crippen LogP contribution in [0, 0.1) is 0 Å². The number of aliphatic carboxylic acids is 1. The van der Waals surface area contributed by atoms with E-state index >= 15 is 0 Å². The fraction of sp³-hybridized carbons (Fsp3) is 0.138. The molecule has 5 rings (SSSR count). The van der Waals surface area contributed by atoms with Gasteiger partial charge in [-0.25, -0.2) is 0 Å². The summed E-state index contributed by atoms with van der Waals surface area (Å²) >= 11 is 0. The second kappa shape index (κ2) is 10.4. The summed E-state index contributed by atoms with van der Waals surface area (Å²) in [4.78, 5) is 36.9. The first-order valence-corrected chi connectivity index (χ1v) is 11.8. The number of benzene rings is 4. The average Bonchev–Trinajstić information content (AvgIpc) is 3.34. The summed E-state index contributed by atoms with van der Waals surface area (Å²) in [7, 11) is 0. The molecule has 0 saturated carbocycles. The molecule has 0 spiro atoms. The standard InChI is InChI=1S/C29H24N2O6/c32-27(30-23-7-3-4-18(12-23)8-11-28(33)34)15-22-14-25-26(37-17-36-25)16-24(22)31-29(35)21-10-9-19-5-1-2-6-20(19)13-21/h1-7,9-10,12-14,16H,8,11,15,17H2,(H,30,32)(H,31,35)(H,33,34). The number of carboxylic acid groups (broad SMARTS) is 1. The molecule has 1 aliphatic heterocycles. The molecule has 37 heavy (non-hydrogen) atoms.